The lowest BCUT2D eigenvalue weighted by Crippen LogP contribution is -2.10. The van der Waals surface area contributed by atoms with Crippen molar-refractivity contribution in [3.8, 4) is 0 Å². The van der Waals surface area contributed by atoms with Crippen molar-refractivity contribution in [2.24, 2.45) is 5.73 Å². The molecule has 4 N–H and O–H groups in total. The van der Waals surface area contributed by atoms with Gasteiger partial charge in [0.1, 0.15) is 0 Å². The second-order valence-corrected chi connectivity index (χ2v) is 2.29. The molecule has 0 aliphatic carbocycles. The van der Waals surface area contributed by atoms with E-state index in [4.69, 9.17) is 10.8 Å². The summed E-state index contributed by atoms with van der Waals surface area (Å²) in [6, 6.07) is 7.03. The highest BCUT2D eigenvalue weighted by Crippen LogP contribution is 2.13. The van der Waals surface area contributed by atoms with E-state index < -0.39 is 6.09 Å². The summed E-state index contributed by atoms with van der Waals surface area (Å²) in [6.07, 6.45) is -1.07. The van der Waals surface area contributed by atoms with Crippen molar-refractivity contribution in [3.63, 3.8) is 0 Å². The summed E-state index contributed by atoms with van der Waals surface area (Å²) in [7, 11) is 0. The second kappa shape index (κ2) is 3.73. The fourth-order valence-corrected chi connectivity index (χ4v) is 0.935. The van der Waals surface area contributed by atoms with Crippen molar-refractivity contribution >= 4 is 11.8 Å². The second-order valence-electron chi connectivity index (χ2n) is 2.29. The van der Waals surface area contributed by atoms with E-state index in [2.05, 4.69) is 5.32 Å². The van der Waals surface area contributed by atoms with E-state index in [9.17, 15) is 4.79 Å². The van der Waals surface area contributed by atoms with E-state index in [0.717, 1.165) is 5.56 Å². The van der Waals surface area contributed by atoms with E-state index in [1.807, 2.05) is 6.07 Å². The van der Waals surface area contributed by atoms with E-state index >= 15 is 0 Å². The standard InChI is InChI=1S/C8H10N2O2/c9-5-6-3-1-2-4-7(6)10-8(11)12/h1-4,10H,5,9H2,(H,11,12). The molecule has 1 aromatic carbocycles. The van der Waals surface area contributed by atoms with Crippen molar-refractivity contribution in [3.05, 3.63) is 29.8 Å². The van der Waals surface area contributed by atoms with Gasteiger partial charge in [0.2, 0.25) is 0 Å². The monoisotopic (exact) mass is 166 g/mol. The lowest BCUT2D eigenvalue weighted by molar-refractivity contribution is 0.209. The number of nitrogens with two attached hydrogens (primary N) is 1. The van der Waals surface area contributed by atoms with Crippen LogP contribution in [0.15, 0.2) is 24.3 Å². The van der Waals surface area contributed by atoms with Gasteiger partial charge in [-0.05, 0) is 11.6 Å². The summed E-state index contributed by atoms with van der Waals surface area (Å²) in [6.45, 7) is 0.330. The normalized spacial score (nSPS) is 9.42. The van der Waals surface area contributed by atoms with Gasteiger partial charge in [0, 0.05) is 12.2 Å². The SMILES string of the molecule is NCc1ccccc1NC(=O)O. The van der Waals surface area contributed by atoms with Crippen LogP contribution in [0.3, 0.4) is 0 Å². The first kappa shape index (κ1) is 8.55. The summed E-state index contributed by atoms with van der Waals surface area (Å²) in [4.78, 5) is 10.3. The summed E-state index contributed by atoms with van der Waals surface area (Å²) >= 11 is 0. The lowest BCUT2D eigenvalue weighted by Gasteiger charge is -2.05. The first-order valence-electron chi connectivity index (χ1n) is 3.52. The highest BCUT2D eigenvalue weighted by atomic mass is 16.4. The highest BCUT2D eigenvalue weighted by molar-refractivity contribution is 5.83. The number of anilines is 1. The number of carbonyl (C=O) groups is 1. The third-order valence-corrected chi connectivity index (χ3v) is 1.48. The minimum Gasteiger partial charge on any atom is -0.465 e. The van der Waals surface area contributed by atoms with E-state index in [0.29, 0.717) is 12.2 Å². The fourth-order valence-electron chi connectivity index (χ4n) is 0.935. The molecular weight excluding hydrogens is 156 g/mol. The minimum absolute atomic E-state index is 0.330. The number of para-hydroxylation sites is 1. The maximum Gasteiger partial charge on any atom is 0.409 e. The molecule has 0 fully saturated rings. The molecule has 1 aromatic rings. The predicted octanol–water partition coefficient (Wildman–Crippen LogP) is 1.24. The maximum absolute atomic E-state index is 10.3. The van der Waals surface area contributed by atoms with Crippen LogP contribution in [0.1, 0.15) is 5.56 Å². The summed E-state index contributed by atoms with van der Waals surface area (Å²) in [5.41, 5.74) is 6.73. The fraction of sp³-hybridized carbons (Fsp3) is 0.125. The zero-order valence-electron chi connectivity index (χ0n) is 6.45. The quantitative estimate of drug-likeness (QED) is 0.618. The van der Waals surface area contributed by atoms with E-state index in [1.54, 1.807) is 18.2 Å². The molecular formula is C8H10N2O2. The molecule has 0 heterocycles. The Morgan fingerprint density at radius 1 is 1.50 bits per heavy atom. The number of benzene rings is 1. The molecule has 12 heavy (non-hydrogen) atoms. The van der Waals surface area contributed by atoms with Crippen LogP contribution in [-0.4, -0.2) is 11.2 Å². The number of amides is 1. The van der Waals surface area contributed by atoms with Crippen LogP contribution in [0.2, 0.25) is 0 Å². The Balaban J connectivity index is 2.89. The van der Waals surface area contributed by atoms with Crippen molar-refractivity contribution in [1.29, 1.82) is 0 Å². The van der Waals surface area contributed by atoms with Gasteiger partial charge in [-0.15, -0.1) is 0 Å². The molecule has 4 heteroatoms. The molecule has 1 amide bonds. The number of hydrogen-bond acceptors (Lipinski definition) is 2. The first-order chi connectivity index (χ1) is 5.74. The van der Waals surface area contributed by atoms with Gasteiger partial charge in [0.15, 0.2) is 0 Å². The van der Waals surface area contributed by atoms with Gasteiger partial charge in [-0.25, -0.2) is 4.79 Å². The van der Waals surface area contributed by atoms with Gasteiger partial charge in [-0.2, -0.15) is 0 Å². The highest BCUT2D eigenvalue weighted by Gasteiger charge is 2.01. The van der Waals surface area contributed by atoms with Crippen LogP contribution in [0.25, 0.3) is 0 Å². The van der Waals surface area contributed by atoms with Gasteiger partial charge in [0.05, 0.1) is 0 Å². The van der Waals surface area contributed by atoms with Crippen molar-refractivity contribution in [2.45, 2.75) is 6.54 Å². The Morgan fingerprint density at radius 3 is 2.75 bits per heavy atom. The van der Waals surface area contributed by atoms with Crippen LogP contribution >= 0.6 is 0 Å². The molecule has 4 nitrogen and oxygen atoms in total. The first-order valence-corrected chi connectivity index (χ1v) is 3.52. The summed E-state index contributed by atoms with van der Waals surface area (Å²) in [5.74, 6) is 0. The smallest absolute Gasteiger partial charge is 0.409 e. The zero-order valence-corrected chi connectivity index (χ0v) is 6.45. The summed E-state index contributed by atoms with van der Waals surface area (Å²) in [5, 5.41) is 10.7. The molecule has 64 valence electrons. The van der Waals surface area contributed by atoms with Crippen LogP contribution < -0.4 is 11.1 Å². The molecule has 0 saturated heterocycles. The Labute approximate surface area is 70.0 Å². The molecule has 0 saturated carbocycles. The third-order valence-electron chi connectivity index (χ3n) is 1.48. The van der Waals surface area contributed by atoms with E-state index in [-0.39, 0.29) is 0 Å². The average Bonchev–Trinajstić information content (AvgIpc) is 2.04. The number of carboxylic acid groups (broad SMARTS) is 1. The van der Waals surface area contributed by atoms with Gasteiger partial charge in [-0.3, -0.25) is 5.32 Å². The van der Waals surface area contributed by atoms with Gasteiger partial charge in [-0.1, -0.05) is 18.2 Å². The Kier molecular flexibility index (Phi) is 2.66. The van der Waals surface area contributed by atoms with Crippen molar-refractivity contribution < 1.29 is 9.90 Å². The number of nitrogens with one attached hydrogen (secondary N) is 1. The minimum atomic E-state index is -1.07. The van der Waals surface area contributed by atoms with Crippen molar-refractivity contribution in [2.75, 3.05) is 5.32 Å². The van der Waals surface area contributed by atoms with Crippen LogP contribution in [0.5, 0.6) is 0 Å². The Morgan fingerprint density at radius 2 is 2.17 bits per heavy atom. The lowest BCUT2D eigenvalue weighted by atomic mass is 10.2. The van der Waals surface area contributed by atoms with Gasteiger partial charge in [0.25, 0.3) is 0 Å². The number of rotatable bonds is 2. The number of hydrogen-bond donors (Lipinski definition) is 3. The molecule has 0 aromatic heterocycles. The maximum atomic E-state index is 10.3. The van der Waals surface area contributed by atoms with Gasteiger partial charge >= 0.3 is 6.09 Å². The Hall–Kier alpha value is -1.55. The Bertz CT molecular complexity index is 286. The molecule has 0 atom stereocenters. The van der Waals surface area contributed by atoms with Gasteiger partial charge < -0.3 is 10.8 Å². The summed E-state index contributed by atoms with van der Waals surface area (Å²) < 4.78 is 0. The molecule has 0 aliphatic heterocycles. The molecule has 0 bridgehead atoms. The van der Waals surface area contributed by atoms with E-state index in [1.165, 1.54) is 0 Å². The topological polar surface area (TPSA) is 75.3 Å². The third kappa shape index (κ3) is 1.96. The molecule has 0 aliphatic rings. The average molecular weight is 166 g/mol. The molecule has 1 rings (SSSR count). The predicted molar refractivity (Wildman–Crippen MR) is 46.0 cm³/mol. The molecule has 0 radical (unpaired) electrons. The van der Waals surface area contributed by atoms with Crippen LogP contribution in [0.4, 0.5) is 10.5 Å². The van der Waals surface area contributed by atoms with Crippen LogP contribution in [0, 0.1) is 0 Å². The molecule has 0 spiro atoms. The zero-order chi connectivity index (χ0) is 8.97. The van der Waals surface area contributed by atoms with Crippen molar-refractivity contribution in [1.82, 2.24) is 0 Å². The van der Waals surface area contributed by atoms with Crippen LogP contribution in [-0.2, 0) is 6.54 Å². The largest absolute Gasteiger partial charge is 0.465 e. The molecule has 0 unspecified atom stereocenters.